The lowest BCUT2D eigenvalue weighted by Crippen LogP contribution is -2.41. The highest BCUT2D eigenvalue weighted by Crippen LogP contribution is 2.14. The van der Waals surface area contributed by atoms with E-state index in [9.17, 15) is 0 Å². The fourth-order valence-electron chi connectivity index (χ4n) is 1.82. The average Bonchev–Trinajstić information content (AvgIpc) is 2.58. The van der Waals surface area contributed by atoms with Crippen LogP contribution in [0.5, 0.6) is 0 Å². The Morgan fingerprint density at radius 1 is 0.917 bits per heavy atom. The lowest BCUT2D eigenvalue weighted by Gasteiger charge is -2.29. The lowest BCUT2D eigenvalue weighted by atomic mass is 10.5. The Kier molecular flexibility index (Phi) is 15.1. The summed E-state index contributed by atoms with van der Waals surface area (Å²) in [4.78, 5) is 0. The molecule has 0 bridgehead atoms. The van der Waals surface area contributed by atoms with E-state index < -0.39 is 5.97 Å². The van der Waals surface area contributed by atoms with E-state index in [-0.39, 0.29) is 0 Å². The molecular weight excluding hydrogens is 312 g/mol. The topological polar surface area (TPSA) is 147 Å². The van der Waals surface area contributed by atoms with E-state index in [0.29, 0.717) is 65.6 Å². The molecule has 0 rings (SSSR count). The molecule has 0 fully saturated rings. The SMILES string of the molecule is CC(OCCN)(OCCNCCN)OCC[N+](=C=CCN)CCN. The average molecular weight is 347 g/mol. The quantitative estimate of drug-likeness (QED) is 0.0882. The van der Waals surface area contributed by atoms with Crippen LogP contribution < -0.4 is 28.3 Å². The lowest BCUT2D eigenvalue weighted by molar-refractivity contribution is -0.527. The molecule has 0 aromatic rings. The summed E-state index contributed by atoms with van der Waals surface area (Å²) in [7, 11) is 0. The normalized spacial score (nSPS) is 13.4. The summed E-state index contributed by atoms with van der Waals surface area (Å²) in [6.07, 6.45) is 1.75. The minimum Gasteiger partial charge on any atom is -0.329 e. The van der Waals surface area contributed by atoms with Crippen LogP contribution in [0.15, 0.2) is 6.08 Å². The van der Waals surface area contributed by atoms with Crippen LogP contribution in [0.4, 0.5) is 0 Å². The van der Waals surface area contributed by atoms with Crippen molar-refractivity contribution in [3.05, 3.63) is 6.08 Å². The molecule has 1 atom stereocenters. The van der Waals surface area contributed by atoms with Crippen molar-refractivity contribution in [2.45, 2.75) is 12.9 Å². The summed E-state index contributed by atoms with van der Waals surface area (Å²) in [5, 5.41) is 3.14. The molecule has 0 aromatic carbocycles. The Bertz CT molecular complexity index is 363. The van der Waals surface area contributed by atoms with Crippen molar-refractivity contribution in [1.82, 2.24) is 5.32 Å². The van der Waals surface area contributed by atoms with Gasteiger partial charge in [0.15, 0.2) is 19.0 Å². The fraction of sp³-hybridized carbons (Fsp3) is 0.867. The van der Waals surface area contributed by atoms with Gasteiger partial charge in [-0.3, -0.25) is 0 Å². The van der Waals surface area contributed by atoms with E-state index >= 15 is 0 Å². The van der Waals surface area contributed by atoms with Crippen LogP contribution in [0.25, 0.3) is 0 Å². The smallest absolute Gasteiger partial charge is 0.280 e. The molecule has 0 spiro atoms. The number of ether oxygens (including phenoxy) is 3. The maximum Gasteiger partial charge on any atom is 0.280 e. The largest absolute Gasteiger partial charge is 0.329 e. The molecule has 0 heterocycles. The van der Waals surface area contributed by atoms with Crippen molar-refractivity contribution in [3.8, 4) is 0 Å². The zero-order chi connectivity index (χ0) is 18.1. The number of nitrogens with two attached hydrogens (primary N) is 4. The molecule has 0 aliphatic rings. The van der Waals surface area contributed by atoms with Gasteiger partial charge in [-0.2, -0.15) is 4.58 Å². The van der Waals surface area contributed by atoms with Gasteiger partial charge >= 0.3 is 0 Å². The minimum absolute atomic E-state index is 0.346. The Morgan fingerprint density at radius 3 is 2.25 bits per heavy atom. The minimum atomic E-state index is -1.14. The van der Waals surface area contributed by atoms with Gasteiger partial charge in [0.05, 0.1) is 19.8 Å². The number of nitrogens with zero attached hydrogens (tertiary/aromatic N) is 1. The molecule has 0 amide bonds. The van der Waals surface area contributed by atoms with Crippen LogP contribution in [-0.2, 0) is 14.2 Å². The third-order valence-corrected chi connectivity index (χ3v) is 2.96. The van der Waals surface area contributed by atoms with E-state index in [1.165, 1.54) is 0 Å². The van der Waals surface area contributed by atoms with Crippen molar-refractivity contribution in [2.75, 3.05) is 72.2 Å². The van der Waals surface area contributed by atoms with Crippen molar-refractivity contribution < 1.29 is 18.8 Å². The van der Waals surface area contributed by atoms with E-state index in [1.807, 2.05) is 4.58 Å². The first-order valence-corrected chi connectivity index (χ1v) is 8.37. The Hall–Kier alpha value is -0.870. The molecule has 1 unspecified atom stereocenters. The molecule has 9 nitrogen and oxygen atoms in total. The highest BCUT2D eigenvalue weighted by atomic mass is 16.9. The van der Waals surface area contributed by atoms with E-state index in [2.05, 4.69) is 11.2 Å². The van der Waals surface area contributed by atoms with Crippen LogP contribution in [-0.4, -0.2) is 88.6 Å². The molecule has 0 radical (unpaired) electrons. The molecule has 24 heavy (non-hydrogen) atoms. The van der Waals surface area contributed by atoms with Gasteiger partial charge in [0.25, 0.3) is 5.97 Å². The van der Waals surface area contributed by atoms with Crippen LogP contribution in [0.1, 0.15) is 6.92 Å². The van der Waals surface area contributed by atoms with Gasteiger partial charge in [-0.15, -0.1) is 0 Å². The fourth-order valence-corrected chi connectivity index (χ4v) is 1.82. The van der Waals surface area contributed by atoms with Crippen molar-refractivity contribution in [2.24, 2.45) is 22.9 Å². The molecule has 9 N–H and O–H groups in total. The molecule has 0 aromatic heterocycles. The van der Waals surface area contributed by atoms with Crippen LogP contribution in [0.2, 0.25) is 0 Å². The summed E-state index contributed by atoms with van der Waals surface area (Å²) in [5.41, 5.74) is 21.9. The van der Waals surface area contributed by atoms with Gasteiger partial charge in [0.1, 0.15) is 6.61 Å². The predicted molar refractivity (Wildman–Crippen MR) is 94.9 cm³/mol. The summed E-state index contributed by atoms with van der Waals surface area (Å²) in [6, 6.07) is 0. The first-order chi connectivity index (χ1) is 11.6. The van der Waals surface area contributed by atoms with Crippen molar-refractivity contribution >= 4 is 5.87 Å². The molecule has 142 valence electrons. The maximum absolute atomic E-state index is 5.77. The molecule has 0 aliphatic heterocycles. The second-order valence-electron chi connectivity index (χ2n) is 5.08. The molecule has 0 saturated heterocycles. The first-order valence-electron chi connectivity index (χ1n) is 8.37. The van der Waals surface area contributed by atoms with E-state index in [4.69, 9.17) is 37.1 Å². The summed E-state index contributed by atoms with van der Waals surface area (Å²) in [5.74, 6) is 1.92. The zero-order valence-corrected chi connectivity index (χ0v) is 14.8. The third kappa shape index (κ3) is 12.5. The maximum atomic E-state index is 5.77. The molecular formula is C15H35N6O3+. The summed E-state index contributed by atoms with van der Waals surface area (Å²) < 4.78 is 19.0. The number of nitrogens with one attached hydrogen (secondary N) is 1. The standard InChI is InChI=1S/C15H35N6O3/c1-15(22-12-6-19,23-13-8-20-7-4-17)24-14-11-21(10-5-18)9-2-3-16/h2,20H,3-8,10-14,16-19H2,1H3/q+1. The Labute approximate surface area is 145 Å². The number of rotatable bonds is 16. The summed E-state index contributed by atoms with van der Waals surface area (Å²) in [6.45, 7) is 7.51. The van der Waals surface area contributed by atoms with Gasteiger partial charge in [-0.1, -0.05) is 0 Å². The van der Waals surface area contributed by atoms with Gasteiger partial charge in [0.2, 0.25) is 0 Å². The van der Waals surface area contributed by atoms with Gasteiger partial charge in [-0.05, 0) is 0 Å². The first kappa shape index (κ1) is 23.1. The number of hydrogen-bond donors (Lipinski definition) is 5. The highest BCUT2D eigenvalue weighted by Gasteiger charge is 2.27. The van der Waals surface area contributed by atoms with Crippen LogP contribution in [0, 0.1) is 0 Å². The van der Waals surface area contributed by atoms with E-state index in [1.54, 1.807) is 13.0 Å². The van der Waals surface area contributed by atoms with Gasteiger partial charge < -0.3 is 42.5 Å². The van der Waals surface area contributed by atoms with Crippen LogP contribution >= 0.6 is 0 Å². The molecule has 0 saturated carbocycles. The van der Waals surface area contributed by atoms with Crippen LogP contribution in [0.3, 0.4) is 0 Å². The van der Waals surface area contributed by atoms with Gasteiger partial charge in [-0.25, -0.2) is 0 Å². The second-order valence-corrected chi connectivity index (χ2v) is 5.08. The second kappa shape index (κ2) is 15.6. The highest BCUT2D eigenvalue weighted by molar-refractivity contribution is 5.45. The van der Waals surface area contributed by atoms with Crippen molar-refractivity contribution in [1.29, 1.82) is 0 Å². The summed E-state index contributed by atoms with van der Waals surface area (Å²) >= 11 is 0. The van der Waals surface area contributed by atoms with Crippen molar-refractivity contribution in [3.63, 3.8) is 0 Å². The van der Waals surface area contributed by atoms with E-state index in [0.717, 1.165) is 6.54 Å². The third-order valence-electron chi connectivity index (χ3n) is 2.96. The number of hydrogen-bond acceptors (Lipinski definition) is 8. The predicted octanol–water partition coefficient (Wildman–Crippen LogP) is -2.63. The monoisotopic (exact) mass is 347 g/mol. The Morgan fingerprint density at radius 2 is 1.62 bits per heavy atom. The van der Waals surface area contributed by atoms with Gasteiger partial charge in [0, 0.05) is 45.7 Å². The zero-order valence-electron chi connectivity index (χ0n) is 14.8. The molecule has 0 aliphatic carbocycles. The Balaban J connectivity index is 4.40. The molecule has 9 heteroatoms.